The molecule has 0 saturated heterocycles. The van der Waals surface area contributed by atoms with Crippen molar-refractivity contribution in [3.8, 4) is 0 Å². The lowest BCUT2D eigenvalue weighted by atomic mass is 10.2. The van der Waals surface area contributed by atoms with Gasteiger partial charge >= 0.3 is 0 Å². The smallest absolute Gasteiger partial charge is 0.0812 e. The molecule has 1 heterocycles. The van der Waals surface area contributed by atoms with Gasteiger partial charge in [-0.2, -0.15) is 0 Å². The molecular formula is C14H32N6. The van der Waals surface area contributed by atoms with Crippen molar-refractivity contribution in [1.82, 2.24) is 15.2 Å². The van der Waals surface area contributed by atoms with E-state index >= 15 is 0 Å². The Hall–Kier alpha value is -1.82. The van der Waals surface area contributed by atoms with Crippen molar-refractivity contribution in [1.29, 1.82) is 5.41 Å². The molecule has 0 saturated carbocycles. The van der Waals surface area contributed by atoms with Gasteiger partial charge in [0, 0.05) is 39.6 Å². The van der Waals surface area contributed by atoms with Crippen LogP contribution in [0.5, 0.6) is 0 Å². The van der Waals surface area contributed by atoms with Gasteiger partial charge in [-0.15, -0.1) is 0 Å². The van der Waals surface area contributed by atoms with Crippen LogP contribution in [0.4, 0.5) is 0 Å². The van der Waals surface area contributed by atoms with E-state index in [9.17, 15) is 0 Å². The molecule has 1 aromatic heterocycles. The summed E-state index contributed by atoms with van der Waals surface area (Å²) in [4.78, 5) is 8.17. The minimum absolute atomic E-state index is 0.954. The molecule has 0 atom stereocenters. The molecule has 0 amide bonds. The number of nitrogens with one attached hydrogen (secondary N) is 3. The van der Waals surface area contributed by atoms with E-state index < -0.39 is 0 Å². The standard InChI is InChI=1S/C7H12N2.C3H8N2.C2H6N2.C2H6/c1-6-7(5-8-2)3-4-9-6;1-5(2)3-4;1-4-2-3;1-2/h3-4,8-9H,5H2,1-2H3;3-4H,1-2H3;2H,1H3,(H2,3,4);1-2H3. The van der Waals surface area contributed by atoms with Crippen LogP contribution >= 0.6 is 0 Å². The van der Waals surface area contributed by atoms with E-state index in [4.69, 9.17) is 11.1 Å². The minimum atomic E-state index is 0.954. The van der Waals surface area contributed by atoms with Crippen LogP contribution in [0, 0.1) is 12.3 Å². The molecule has 1 aromatic rings. The monoisotopic (exact) mass is 284 g/mol. The van der Waals surface area contributed by atoms with E-state index in [0.29, 0.717) is 0 Å². The zero-order chi connectivity index (χ0) is 16.4. The fourth-order valence-electron chi connectivity index (χ4n) is 0.867. The fraction of sp³-hybridized carbons (Fsp3) is 0.571. The number of aliphatic imine (C=N–C) groups is 1. The Kier molecular flexibility index (Phi) is 22.7. The Morgan fingerprint density at radius 2 is 1.90 bits per heavy atom. The third-order valence-electron chi connectivity index (χ3n) is 1.84. The molecule has 20 heavy (non-hydrogen) atoms. The number of aromatic nitrogens is 1. The maximum absolute atomic E-state index is 6.46. The molecule has 0 spiro atoms. The molecule has 5 N–H and O–H groups in total. The Morgan fingerprint density at radius 3 is 2.10 bits per heavy atom. The second kappa shape index (κ2) is 19.5. The summed E-state index contributed by atoms with van der Waals surface area (Å²) in [6, 6.07) is 2.09. The summed E-state index contributed by atoms with van der Waals surface area (Å²) in [6.45, 7) is 7.03. The highest BCUT2D eigenvalue weighted by Crippen LogP contribution is 2.02. The highest BCUT2D eigenvalue weighted by molar-refractivity contribution is 5.50. The Morgan fingerprint density at radius 1 is 1.45 bits per heavy atom. The van der Waals surface area contributed by atoms with E-state index in [1.165, 1.54) is 23.9 Å². The van der Waals surface area contributed by atoms with E-state index in [1.807, 2.05) is 41.2 Å². The lowest BCUT2D eigenvalue weighted by molar-refractivity contribution is 0.639. The maximum Gasteiger partial charge on any atom is 0.0812 e. The maximum atomic E-state index is 6.46. The summed E-state index contributed by atoms with van der Waals surface area (Å²) in [7, 11) is 7.20. The van der Waals surface area contributed by atoms with Gasteiger partial charge in [0.05, 0.1) is 12.7 Å². The molecule has 6 heteroatoms. The summed E-state index contributed by atoms with van der Waals surface area (Å²) in [5, 5.41) is 9.55. The molecule has 0 bridgehead atoms. The van der Waals surface area contributed by atoms with Gasteiger partial charge in [0.2, 0.25) is 0 Å². The van der Waals surface area contributed by atoms with Crippen LogP contribution in [0.2, 0.25) is 0 Å². The van der Waals surface area contributed by atoms with Crippen LogP contribution in [-0.2, 0) is 6.54 Å². The number of hydrogen-bond donors (Lipinski definition) is 4. The summed E-state index contributed by atoms with van der Waals surface area (Å²) < 4.78 is 0. The lowest BCUT2D eigenvalue weighted by Gasteiger charge is -1.96. The summed E-state index contributed by atoms with van der Waals surface area (Å²) in [6.07, 6.45) is 4.46. The van der Waals surface area contributed by atoms with Crippen LogP contribution < -0.4 is 11.1 Å². The number of H-pyrrole nitrogens is 1. The van der Waals surface area contributed by atoms with Crippen molar-refractivity contribution < 1.29 is 0 Å². The van der Waals surface area contributed by atoms with Crippen LogP contribution in [0.3, 0.4) is 0 Å². The Bertz CT molecular complexity index is 313. The molecule has 6 nitrogen and oxygen atoms in total. The van der Waals surface area contributed by atoms with Gasteiger partial charge < -0.3 is 20.9 Å². The zero-order valence-electron chi connectivity index (χ0n) is 14.0. The first-order valence-corrected chi connectivity index (χ1v) is 6.60. The summed E-state index contributed by atoms with van der Waals surface area (Å²) in [5.74, 6) is 0. The van der Waals surface area contributed by atoms with Crippen LogP contribution in [0.15, 0.2) is 17.3 Å². The summed E-state index contributed by atoms with van der Waals surface area (Å²) in [5.41, 5.74) is 7.34. The normalized spacial score (nSPS) is 8.35. The molecule has 0 aliphatic carbocycles. The van der Waals surface area contributed by atoms with Crippen molar-refractivity contribution in [2.45, 2.75) is 27.3 Å². The molecule has 0 radical (unpaired) electrons. The molecular weight excluding hydrogens is 252 g/mol. The second-order valence-electron chi connectivity index (χ2n) is 3.66. The number of nitrogens with two attached hydrogens (primary N) is 1. The van der Waals surface area contributed by atoms with E-state index in [1.54, 1.807) is 11.9 Å². The SMILES string of the molecule is CC.CN(C)C=N.CN=CN.CNCc1cc[nH]c1C. The predicted molar refractivity (Wildman–Crippen MR) is 90.7 cm³/mol. The van der Waals surface area contributed by atoms with E-state index in [2.05, 4.69) is 28.3 Å². The van der Waals surface area contributed by atoms with Gasteiger partial charge in [-0.05, 0) is 25.6 Å². The molecule has 0 fully saturated rings. The van der Waals surface area contributed by atoms with E-state index in [0.717, 1.165) is 6.54 Å². The van der Waals surface area contributed by atoms with Crippen molar-refractivity contribution in [3.63, 3.8) is 0 Å². The predicted octanol–water partition coefficient (Wildman–Crippen LogP) is 1.83. The van der Waals surface area contributed by atoms with Crippen molar-refractivity contribution in [3.05, 3.63) is 23.5 Å². The van der Waals surface area contributed by atoms with Gasteiger partial charge in [0.15, 0.2) is 0 Å². The summed E-state index contributed by atoms with van der Waals surface area (Å²) >= 11 is 0. The first-order chi connectivity index (χ1) is 9.53. The van der Waals surface area contributed by atoms with Gasteiger partial charge in [-0.1, -0.05) is 13.8 Å². The average Bonchev–Trinajstić information content (AvgIpc) is 2.88. The number of aromatic amines is 1. The van der Waals surface area contributed by atoms with Crippen molar-refractivity contribution in [2.24, 2.45) is 10.7 Å². The molecule has 0 aromatic carbocycles. The van der Waals surface area contributed by atoms with Gasteiger partial charge in [-0.25, -0.2) is 0 Å². The minimum Gasteiger partial charge on any atom is -0.390 e. The van der Waals surface area contributed by atoms with Crippen molar-refractivity contribution >= 4 is 12.7 Å². The number of rotatable bonds is 3. The first-order valence-electron chi connectivity index (χ1n) is 6.60. The third-order valence-corrected chi connectivity index (χ3v) is 1.84. The average molecular weight is 284 g/mol. The molecule has 0 aliphatic heterocycles. The Balaban J connectivity index is -0.000000226. The van der Waals surface area contributed by atoms with Gasteiger partial charge in [0.25, 0.3) is 0 Å². The number of aryl methyl sites for hydroxylation is 1. The second-order valence-corrected chi connectivity index (χ2v) is 3.66. The van der Waals surface area contributed by atoms with Gasteiger partial charge in [0.1, 0.15) is 0 Å². The molecule has 0 unspecified atom stereocenters. The van der Waals surface area contributed by atoms with Gasteiger partial charge in [-0.3, -0.25) is 10.4 Å². The molecule has 118 valence electrons. The van der Waals surface area contributed by atoms with Crippen LogP contribution in [0.1, 0.15) is 25.1 Å². The Labute approximate surface area is 124 Å². The van der Waals surface area contributed by atoms with Crippen LogP contribution in [-0.4, -0.2) is 50.8 Å². The highest BCUT2D eigenvalue weighted by atomic mass is 15.1. The van der Waals surface area contributed by atoms with Crippen LogP contribution in [0.25, 0.3) is 0 Å². The van der Waals surface area contributed by atoms with E-state index in [-0.39, 0.29) is 0 Å². The van der Waals surface area contributed by atoms with Crippen molar-refractivity contribution in [2.75, 3.05) is 28.2 Å². The fourth-order valence-corrected chi connectivity index (χ4v) is 0.867. The number of nitrogens with zero attached hydrogens (tertiary/aromatic N) is 2. The quantitative estimate of drug-likeness (QED) is 0.504. The highest BCUT2D eigenvalue weighted by Gasteiger charge is 1.93. The third kappa shape index (κ3) is 18.5. The zero-order valence-corrected chi connectivity index (χ0v) is 14.0. The topological polar surface area (TPSA) is 93.3 Å². The lowest BCUT2D eigenvalue weighted by Crippen LogP contribution is -2.05. The first kappa shape index (κ1) is 23.3. The molecule has 0 aliphatic rings. The number of hydrogen-bond acceptors (Lipinski definition) is 3. The molecule has 1 rings (SSSR count). The largest absolute Gasteiger partial charge is 0.390 e.